The Morgan fingerprint density at radius 1 is 1.33 bits per heavy atom. The molecule has 1 unspecified atom stereocenters. The zero-order chi connectivity index (χ0) is 14.7. The first-order valence-electron chi connectivity index (χ1n) is 8.56. The van der Waals surface area contributed by atoms with Crippen molar-refractivity contribution in [2.24, 2.45) is 5.92 Å². The molecular weight excluding hydrogens is 258 g/mol. The van der Waals surface area contributed by atoms with Gasteiger partial charge >= 0.3 is 0 Å². The first-order valence-corrected chi connectivity index (χ1v) is 8.56. The molecule has 0 bridgehead atoms. The number of piperazine rings is 1. The zero-order valence-electron chi connectivity index (χ0n) is 13.5. The van der Waals surface area contributed by atoms with Gasteiger partial charge in [-0.05, 0) is 37.3 Å². The second-order valence-corrected chi connectivity index (χ2v) is 7.34. The van der Waals surface area contributed by atoms with E-state index < -0.39 is 0 Å². The Morgan fingerprint density at radius 3 is 2.81 bits per heavy atom. The molecular formula is C18H29N3. The fraction of sp³-hybridized carbons (Fsp3) is 0.722. The predicted octanol–water partition coefficient (Wildman–Crippen LogP) is 3.21. The number of hydrogen-bond acceptors (Lipinski definition) is 3. The van der Waals surface area contributed by atoms with E-state index >= 15 is 0 Å². The monoisotopic (exact) mass is 287 g/mol. The van der Waals surface area contributed by atoms with Crippen LogP contribution in [0.15, 0.2) is 24.4 Å². The number of hydrogen-bond donors (Lipinski definition) is 1. The molecule has 0 radical (unpaired) electrons. The highest BCUT2D eigenvalue weighted by Gasteiger charge is 2.43. The van der Waals surface area contributed by atoms with Crippen molar-refractivity contribution in [1.82, 2.24) is 15.2 Å². The van der Waals surface area contributed by atoms with Gasteiger partial charge in [0, 0.05) is 37.4 Å². The van der Waals surface area contributed by atoms with Crippen LogP contribution < -0.4 is 5.32 Å². The summed E-state index contributed by atoms with van der Waals surface area (Å²) in [4.78, 5) is 7.29. The molecule has 1 N–H and O–H groups in total. The maximum Gasteiger partial charge on any atom is 0.0544 e. The molecule has 116 valence electrons. The van der Waals surface area contributed by atoms with Gasteiger partial charge in [-0.15, -0.1) is 0 Å². The van der Waals surface area contributed by atoms with Gasteiger partial charge in [0.25, 0.3) is 0 Å². The van der Waals surface area contributed by atoms with E-state index in [1.54, 1.807) is 0 Å². The first-order chi connectivity index (χ1) is 10.2. The lowest BCUT2D eigenvalue weighted by molar-refractivity contribution is 0.0305. The van der Waals surface area contributed by atoms with Crippen molar-refractivity contribution in [3.8, 4) is 0 Å². The maximum atomic E-state index is 4.55. The molecule has 2 heterocycles. The van der Waals surface area contributed by atoms with Crippen molar-refractivity contribution < 1.29 is 0 Å². The molecule has 1 atom stereocenters. The Bertz CT molecular complexity index is 437. The molecule has 3 rings (SSSR count). The van der Waals surface area contributed by atoms with Crippen LogP contribution in [0.5, 0.6) is 0 Å². The first kappa shape index (κ1) is 15.0. The van der Waals surface area contributed by atoms with Crippen molar-refractivity contribution in [3.05, 3.63) is 30.1 Å². The molecule has 1 aliphatic carbocycles. The third kappa shape index (κ3) is 3.46. The molecule has 0 aromatic carbocycles. The summed E-state index contributed by atoms with van der Waals surface area (Å²) in [7, 11) is 0. The summed E-state index contributed by atoms with van der Waals surface area (Å²) in [6, 6.07) is 6.92. The number of aromatic nitrogens is 1. The fourth-order valence-electron chi connectivity index (χ4n) is 4.14. The van der Waals surface area contributed by atoms with Crippen molar-refractivity contribution in [2.45, 2.75) is 64.1 Å². The van der Waals surface area contributed by atoms with Gasteiger partial charge in [0.15, 0.2) is 0 Å². The molecule has 1 spiro atoms. The minimum absolute atomic E-state index is 0.394. The van der Waals surface area contributed by atoms with Crippen molar-refractivity contribution in [1.29, 1.82) is 0 Å². The number of nitrogens with one attached hydrogen (secondary N) is 1. The largest absolute Gasteiger partial charge is 0.311 e. The van der Waals surface area contributed by atoms with Crippen LogP contribution >= 0.6 is 0 Å². The predicted molar refractivity (Wildman–Crippen MR) is 87.1 cm³/mol. The van der Waals surface area contributed by atoms with E-state index in [2.05, 4.69) is 41.2 Å². The van der Waals surface area contributed by atoms with Crippen LogP contribution in [0.25, 0.3) is 0 Å². The van der Waals surface area contributed by atoms with Gasteiger partial charge in [0.05, 0.1) is 5.69 Å². The molecule has 1 saturated heterocycles. The van der Waals surface area contributed by atoms with Crippen LogP contribution in [0.1, 0.15) is 51.6 Å². The minimum atomic E-state index is 0.394. The molecule has 21 heavy (non-hydrogen) atoms. The Hall–Kier alpha value is -0.930. The summed E-state index contributed by atoms with van der Waals surface area (Å²) in [6.45, 7) is 8.00. The van der Waals surface area contributed by atoms with Gasteiger partial charge in [0.2, 0.25) is 0 Å². The van der Waals surface area contributed by atoms with E-state index in [0.717, 1.165) is 19.0 Å². The highest BCUT2D eigenvalue weighted by atomic mass is 15.3. The van der Waals surface area contributed by atoms with Crippen molar-refractivity contribution >= 4 is 0 Å². The zero-order valence-corrected chi connectivity index (χ0v) is 13.5. The molecule has 1 aromatic heterocycles. The summed E-state index contributed by atoms with van der Waals surface area (Å²) in [6.07, 6.45) is 8.66. The molecule has 0 amide bonds. The molecule has 1 aliphatic heterocycles. The van der Waals surface area contributed by atoms with E-state index in [1.165, 1.54) is 44.3 Å². The standard InChI is InChI=1S/C18H29N3/c1-15(2)11-17-13-21(12-16-7-3-6-10-19-16)18(14-20-17)8-4-5-9-18/h3,6-7,10,15,17,20H,4-5,8-9,11-14H2,1-2H3. The van der Waals surface area contributed by atoms with E-state index in [1.807, 2.05) is 12.3 Å². The van der Waals surface area contributed by atoms with Gasteiger partial charge in [-0.1, -0.05) is 32.8 Å². The molecule has 1 saturated carbocycles. The van der Waals surface area contributed by atoms with Gasteiger partial charge in [-0.2, -0.15) is 0 Å². The third-order valence-electron chi connectivity index (χ3n) is 5.20. The Labute approximate surface area is 129 Å². The van der Waals surface area contributed by atoms with Gasteiger partial charge in [-0.25, -0.2) is 0 Å². The maximum absolute atomic E-state index is 4.55. The molecule has 2 aliphatic rings. The number of pyridine rings is 1. The van der Waals surface area contributed by atoms with E-state index in [0.29, 0.717) is 11.6 Å². The fourth-order valence-corrected chi connectivity index (χ4v) is 4.14. The van der Waals surface area contributed by atoms with E-state index in [4.69, 9.17) is 0 Å². The second kappa shape index (κ2) is 6.45. The molecule has 3 heteroatoms. The Balaban J connectivity index is 1.73. The molecule has 3 nitrogen and oxygen atoms in total. The molecule has 2 fully saturated rings. The third-order valence-corrected chi connectivity index (χ3v) is 5.20. The summed E-state index contributed by atoms with van der Waals surface area (Å²) in [5, 5.41) is 3.84. The highest BCUT2D eigenvalue weighted by Crippen LogP contribution is 2.38. The quantitative estimate of drug-likeness (QED) is 0.921. The van der Waals surface area contributed by atoms with E-state index in [-0.39, 0.29) is 0 Å². The average molecular weight is 287 g/mol. The van der Waals surface area contributed by atoms with Crippen LogP contribution in [0.3, 0.4) is 0 Å². The van der Waals surface area contributed by atoms with Crippen molar-refractivity contribution in [2.75, 3.05) is 13.1 Å². The summed E-state index contributed by atoms with van der Waals surface area (Å²) >= 11 is 0. The smallest absolute Gasteiger partial charge is 0.0544 e. The average Bonchev–Trinajstić information content (AvgIpc) is 2.93. The molecule has 1 aromatic rings. The van der Waals surface area contributed by atoms with Crippen LogP contribution in [-0.4, -0.2) is 34.6 Å². The topological polar surface area (TPSA) is 28.2 Å². The SMILES string of the molecule is CC(C)CC1CN(Cc2ccccn2)C2(CCCC2)CN1. The second-order valence-electron chi connectivity index (χ2n) is 7.34. The Kier molecular flexibility index (Phi) is 4.60. The van der Waals surface area contributed by atoms with E-state index in [9.17, 15) is 0 Å². The lowest BCUT2D eigenvalue weighted by Crippen LogP contribution is -2.63. The lowest BCUT2D eigenvalue weighted by atomic mass is 9.89. The van der Waals surface area contributed by atoms with Crippen LogP contribution in [0, 0.1) is 5.92 Å². The minimum Gasteiger partial charge on any atom is -0.311 e. The number of nitrogens with zero attached hydrogens (tertiary/aromatic N) is 2. The van der Waals surface area contributed by atoms with Gasteiger partial charge in [-0.3, -0.25) is 9.88 Å². The summed E-state index contributed by atoms with van der Waals surface area (Å²) in [5.41, 5.74) is 1.61. The number of rotatable bonds is 4. The lowest BCUT2D eigenvalue weighted by Gasteiger charge is -2.48. The van der Waals surface area contributed by atoms with Gasteiger partial charge in [0.1, 0.15) is 0 Å². The van der Waals surface area contributed by atoms with Crippen LogP contribution in [0.2, 0.25) is 0 Å². The highest BCUT2D eigenvalue weighted by molar-refractivity contribution is 5.08. The normalized spacial score (nSPS) is 25.8. The van der Waals surface area contributed by atoms with Crippen molar-refractivity contribution in [3.63, 3.8) is 0 Å². The summed E-state index contributed by atoms with van der Waals surface area (Å²) < 4.78 is 0. The van der Waals surface area contributed by atoms with Gasteiger partial charge < -0.3 is 5.32 Å². The van der Waals surface area contributed by atoms with Crippen LogP contribution in [-0.2, 0) is 6.54 Å². The Morgan fingerprint density at radius 2 is 2.14 bits per heavy atom. The summed E-state index contributed by atoms with van der Waals surface area (Å²) in [5.74, 6) is 0.761. The van der Waals surface area contributed by atoms with Crippen LogP contribution in [0.4, 0.5) is 0 Å².